The van der Waals surface area contributed by atoms with Gasteiger partial charge in [0.1, 0.15) is 18.2 Å². The van der Waals surface area contributed by atoms with E-state index in [1.165, 1.54) is 0 Å². The summed E-state index contributed by atoms with van der Waals surface area (Å²) in [6.45, 7) is -0.622. The molecule has 0 aromatic heterocycles. The first kappa shape index (κ1) is 13.6. The third-order valence-electron chi connectivity index (χ3n) is 1.98. The van der Waals surface area contributed by atoms with Gasteiger partial charge >= 0.3 is 11.8 Å². The van der Waals surface area contributed by atoms with Crippen LogP contribution in [0.25, 0.3) is 0 Å². The minimum absolute atomic E-state index is 0.0727. The van der Waals surface area contributed by atoms with Crippen molar-refractivity contribution in [1.82, 2.24) is 10.6 Å². The van der Waals surface area contributed by atoms with Crippen molar-refractivity contribution in [2.75, 3.05) is 6.54 Å². The largest absolute Gasteiger partial charge is 0.344 e. The number of nitrogens with zero attached hydrogens (tertiary/aromatic N) is 1. The molecule has 94 valence electrons. The molecule has 1 rings (SSSR count). The Morgan fingerprint density at radius 3 is 2.56 bits per heavy atom. The number of carbonyl (C=O) groups is 2. The topological polar surface area (TPSA) is 82.0 Å². The maximum Gasteiger partial charge on any atom is 0.310 e. The molecule has 2 amide bonds. The molecule has 18 heavy (non-hydrogen) atoms. The zero-order valence-electron chi connectivity index (χ0n) is 9.17. The van der Waals surface area contributed by atoms with E-state index in [-0.39, 0.29) is 18.7 Å². The fourth-order valence-electron chi connectivity index (χ4n) is 1.13. The molecular formula is C11H9F2N3O2. The number of nitriles is 1. The predicted molar refractivity (Wildman–Crippen MR) is 56.8 cm³/mol. The van der Waals surface area contributed by atoms with E-state index in [9.17, 15) is 18.4 Å². The minimum atomic E-state index is -1.02. The average molecular weight is 253 g/mol. The van der Waals surface area contributed by atoms with Gasteiger partial charge in [-0.15, -0.1) is 0 Å². The molecule has 0 aliphatic rings. The quantitative estimate of drug-likeness (QED) is 0.597. The molecule has 7 heteroatoms. The van der Waals surface area contributed by atoms with Crippen molar-refractivity contribution < 1.29 is 18.4 Å². The SMILES string of the molecule is N#CCNC(=O)C(=O)NCc1cc(F)ccc1F. The summed E-state index contributed by atoms with van der Waals surface area (Å²) in [5.74, 6) is -3.36. The fraction of sp³-hybridized carbons (Fsp3) is 0.182. The Hall–Kier alpha value is -2.49. The first-order valence-electron chi connectivity index (χ1n) is 4.91. The molecule has 0 atom stereocenters. The van der Waals surface area contributed by atoms with Crippen molar-refractivity contribution in [3.8, 4) is 6.07 Å². The maximum atomic E-state index is 13.2. The number of halogens is 2. The number of carbonyl (C=O) groups excluding carboxylic acids is 2. The number of hydrogen-bond acceptors (Lipinski definition) is 3. The van der Waals surface area contributed by atoms with Gasteiger partial charge in [0.15, 0.2) is 0 Å². The van der Waals surface area contributed by atoms with Gasteiger partial charge in [0.25, 0.3) is 0 Å². The first-order valence-corrected chi connectivity index (χ1v) is 4.91. The van der Waals surface area contributed by atoms with Crippen LogP contribution in [0.15, 0.2) is 18.2 Å². The van der Waals surface area contributed by atoms with Crippen molar-refractivity contribution >= 4 is 11.8 Å². The van der Waals surface area contributed by atoms with Gasteiger partial charge in [-0.05, 0) is 18.2 Å². The van der Waals surface area contributed by atoms with Crippen molar-refractivity contribution in [3.63, 3.8) is 0 Å². The molecule has 0 spiro atoms. The lowest BCUT2D eigenvalue weighted by Crippen LogP contribution is -2.39. The van der Waals surface area contributed by atoms with Crippen molar-refractivity contribution in [2.24, 2.45) is 0 Å². The Bertz CT molecular complexity index is 512. The Kier molecular flexibility index (Phi) is 4.75. The molecule has 1 aromatic carbocycles. The van der Waals surface area contributed by atoms with E-state index in [4.69, 9.17) is 5.26 Å². The summed E-state index contributed by atoms with van der Waals surface area (Å²) in [7, 11) is 0. The lowest BCUT2D eigenvalue weighted by Gasteiger charge is -2.05. The highest BCUT2D eigenvalue weighted by molar-refractivity contribution is 6.35. The zero-order valence-corrected chi connectivity index (χ0v) is 9.17. The van der Waals surface area contributed by atoms with E-state index in [2.05, 4.69) is 5.32 Å². The van der Waals surface area contributed by atoms with Gasteiger partial charge in [0, 0.05) is 12.1 Å². The number of hydrogen-bond donors (Lipinski definition) is 2. The second-order valence-corrected chi connectivity index (χ2v) is 3.26. The zero-order chi connectivity index (χ0) is 13.5. The standard InChI is InChI=1S/C11H9F2N3O2/c12-8-1-2-9(13)7(5-8)6-16-11(18)10(17)15-4-3-14/h1-2,5H,4,6H2,(H,15,17)(H,16,18). The number of benzene rings is 1. The van der Waals surface area contributed by atoms with E-state index < -0.39 is 23.4 Å². The Morgan fingerprint density at radius 1 is 1.22 bits per heavy atom. The van der Waals surface area contributed by atoms with Gasteiger partial charge < -0.3 is 10.6 Å². The Labute approximate surface area is 101 Å². The lowest BCUT2D eigenvalue weighted by molar-refractivity contribution is -0.139. The smallest absolute Gasteiger partial charge is 0.310 e. The van der Waals surface area contributed by atoms with Crippen LogP contribution < -0.4 is 10.6 Å². The number of amides is 2. The van der Waals surface area contributed by atoms with Gasteiger partial charge in [-0.2, -0.15) is 5.26 Å². The Balaban J connectivity index is 2.55. The summed E-state index contributed by atoms with van der Waals surface area (Å²) >= 11 is 0. The van der Waals surface area contributed by atoms with Crippen LogP contribution in [0, 0.1) is 23.0 Å². The summed E-state index contributed by atoms with van der Waals surface area (Å²) in [4.78, 5) is 22.2. The third-order valence-corrected chi connectivity index (χ3v) is 1.98. The molecule has 0 aliphatic carbocycles. The highest BCUT2D eigenvalue weighted by Crippen LogP contribution is 2.08. The van der Waals surface area contributed by atoms with Gasteiger partial charge in [0.05, 0.1) is 6.07 Å². The summed E-state index contributed by atoms with van der Waals surface area (Å²) in [6, 6.07) is 4.41. The van der Waals surface area contributed by atoms with Crippen molar-refractivity contribution in [1.29, 1.82) is 5.26 Å². The number of rotatable bonds is 3. The summed E-state index contributed by atoms with van der Waals surface area (Å²) in [5, 5.41) is 12.3. The highest BCUT2D eigenvalue weighted by Gasteiger charge is 2.13. The van der Waals surface area contributed by atoms with Gasteiger partial charge in [-0.3, -0.25) is 9.59 Å². The molecular weight excluding hydrogens is 244 g/mol. The van der Waals surface area contributed by atoms with Crippen LogP contribution in [0.4, 0.5) is 8.78 Å². The second-order valence-electron chi connectivity index (χ2n) is 3.26. The maximum absolute atomic E-state index is 13.2. The van der Waals surface area contributed by atoms with Crippen LogP contribution in [0.1, 0.15) is 5.56 Å². The van der Waals surface area contributed by atoms with Crippen LogP contribution >= 0.6 is 0 Å². The highest BCUT2D eigenvalue weighted by atomic mass is 19.1. The van der Waals surface area contributed by atoms with E-state index in [0.717, 1.165) is 18.2 Å². The van der Waals surface area contributed by atoms with Crippen LogP contribution in [0.2, 0.25) is 0 Å². The normalized spacial score (nSPS) is 9.39. The molecule has 0 saturated heterocycles. The molecule has 5 nitrogen and oxygen atoms in total. The van der Waals surface area contributed by atoms with Crippen LogP contribution in [0.3, 0.4) is 0 Å². The molecule has 2 N–H and O–H groups in total. The number of nitrogens with one attached hydrogen (secondary N) is 2. The summed E-state index contributed by atoms with van der Waals surface area (Å²) in [5.41, 5.74) is -0.0727. The van der Waals surface area contributed by atoms with Crippen LogP contribution in [-0.2, 0) is 16.1 Å². The summed E-state index contributed by atoms with van der Waals surface area (Å²) in [6.07, 6.45) is 0. The molecule has 0 fully saturated rings. The molecule has 0 aliphatic heterocycles. The van der Waals surface area contributed by atoms with Crippen LogP contribution in [0.5, 0.6) is 0 Å². The van der Waals surface area contributed by atoms with Crippen LogP contribution in [-0.4, -0.2) is 18.4 Å². The molecule has 0 unspecified atom stereocenters. The van der Waals surface area contributed by atoms with Gasteiger partial charge in [-0.25, -0.2) is 8.78 Å². The molecule has 1 aromatic rings. The van der Waals surface area contributed by atoms with E-state index >= 15 is 0 Å². The Morgan fingerprint density at radius 2 is 1.89 bits per heavy atom. The summed E-state index contributed by atoms with van der Waals surface area (Å²) < 4.78 is 26.0. The second kappa shape index (κ2) is 6.30. The van der Waals surface area contributed by atoms with Gasteiger partial charge in [0.2, 0.25) is 0 Å². The van der Waals surface area contributed by atoms with E-state index in [1.807, 2.05) is 5.32 Å². The average Bonchev–Trinajstić information content (AvgIpc) is 2.36. The predicted octanol–water partition coefficient (Wildman–Crippen LogP) is 0.221. The van der Waals surface area contributed by atoms with E-state index in [1.54, 1.807) is 6.07 Å². The monoisotopic (exact) mass is 253 g/mol. The van der Waals surface area contributed by atoms with E-state index in [0.29, 0.717) is 0 Å². The molecule has 0 heterocycles. The first-order chi connectivity index (χ1) is 8.54. The van der Waals surface area contributed by atoms with Crippen molar-refractivity contribution in [2.45, 2.75) is 6.54 Å². The molecule has 0 saturated carbocycles. The molecule has 0 radical (unpaired) electrons. The fourth-order valence-corrected chi connectivity index (χ4v) is 1.13. The van der Waals surface area contributed by atoms with Crippen molar-refractivity contribution in [3.05, 3.63) is 35.4 Å². The minimum Gasteiger partial charge on any atom is -0.344 e. The lowest BCUT2D eigenvalue weighted by atomic mass is 10.2. The molecule has 0 bridgehead atoms. The van der Waals surface area contributed by atoms with Gasteiger partial charge in [-0.1, -0.05) is 0 Å². The third kappa shape index (κ3) is 3.83.